The number of benzene rings is 2. The third-order valence-electron chi connectivity index (χ3n) is 6.24. The largest absolute Gasteiger partial charge is 0.492 e. The van der Waals surface area contributed by atoms with E-state index in [0.29, 0.717) is 12.2 Å². The van der Waals surface area contributed by atoms with Crippen molar-refractivity contribution in [3.05, 3.63) is 65.4 Å². The molecule has 0 radical (unpaired) electrons. The zero-order valence-corrected chi connectivity index (χ0v) is 16.3. The maximum atomic E-state index is 11.4. The number of carboxylic acid groups (broad SMARTS) is 1. The number of aromatic carboxylic acids is 1. The van der Waals surface area contributed by atoms with Crippen LogP contribution in [0.4, 0.5) is 0 Å². The van der Waals surface area contributed by atoms with Gasteiger partial charge in [-0.1, -0.05) is 18.2 Å². The molecule has 5 rings (SSSR count). The summed E-state index contributed by atoms with van der Waals surface area (Å²) >= 11 is 0. The van der Waals surface area contributed by atoms with E-state index in [0.717, 1.165) is 55.7 Å². The van der Waals surface area contributed by atoms with Gasteiger partial charge in [-0.15, -0.1) is 0 Å². The van der Waals surface area contributed by atoms with Gasteiger partial charge in [0.25, 0.3) is 0 Å². The van der Waals surface area contributed by atoms with Crippen LogP contribution in [0.25, 0.3) is 10.9 Å². The highest BCUT2D eigenvalue weighted by atomic mass is 16.5. The van der Waals surface area contributed by atoms with Crippen LogP contribution in [-0.4, -0.2) is 53.7 Å². The molecule has 2 aliphatic heterocycles. The topological polar surface area (TPSA) is 77.6 Å². The summed E-state index contributed by atoms with van der Waals surface area (Å²) in [5.41, 5.74) is 3.77. The van der Waals surface area contributed by atoms with Crippen LogP contribution in [0.15, 0.2) is 48.5 Å². The molecule has 3 aromatic rings. The van der Waals surface area contributed by atoms with Gasteiger partial charge < -0.3 is 20.1 Å². The smallest absolute Gasteiger partial charge is 0.335 e. The van der Waals surface area contributed by atoms with Gasteiger partial charge in [0.05, 0.1) is 11.1 Å². The monoisotopic (exact) mass is 391 g/mol. The lowest BCUT2D eigenvalue weighted by Gasteiger charge is -2.35. The summed E-state index contributed by atoms with van der Waals surface area (Å²) < 4.78 is 5.87. The zero-order chi connectivity index (χ0) is 19.8. The molecule has 0 bridgehead atoms. The van der Waals surface area contributed by atoms with Gasteiger partial charge in [-0.3, -0.25) is 4.90 Å². The minimum atomic E-state index is -0.879. The molecule has 1 atom stereocenters. The molecule has 1 fully saturated rings. The van der Waals surface area contributed by atoms with Crippen molar-refractivity contribution in [2.24, 2.45) is 0 Å². The van der Waals surface area contributed by atoms with Crippen molar-refractivity contribution in [2.45, 2.75) is 18.4 Å². The van der Waals surface area contributed by atoms with Gasteiger partial charge in [0, 0.05) is 42.8 Å². The number of nitrogens with zero attached hydrogens (tertiary/aromatic N) is 1. The molecule has 0 amide bonds. The number of ether oxygens (including phenoxy) is 1. The molecule has 3 N–H and O–H groups in total. The lowest BCUT2D eigenvalue weighted by Crippen LogP contribution is -2.49. The second kappa shape index (κ2) is 7.21. The van der Waals surface area contributed by atoms with Gasteiger partial charge in [-0.05, 0) is 48.7 Å². The molecule has 2 aromatic carbocycles. The van der Waals surface area contributed by atoms with Gasteiger partial charge in [-0.25, -0.2) is 4.79 Å². The van der Waals surface area contributed by atoms with Crippen molar-refractivity contribution in [1.82, 2.24) is 15.2 Å². The Morgan fingerprint density at radius 2 is 2.07 bits per heavy atom. The van der Waals surface area contributed by atoms with Crippen molar-refractivity contribution >= 4 is 16.9 Å². The Kier molecular flexibility index (Phi) is 4.53. The first kappa shape index (κ1) is 18.2. The molecule has 150 valence electrons. The van der Waals surface area contributed by atoms with Crippen molar-refractivity contribution in [3.8, 4) is 5.75 Å². The number of likely N-dealkylation sites (tertiary alicyclic amines) is 1. The van der Waals surface area contributed by atoms with E-state index in [1.165, 1.54) is 11.3 Å². The number of carbonyl (C=O) groups is 1. The number of aromatic nitrogens is 1. The summed E-state index contributed by atoms with van der Waals surface area (Å²) in [6, 6.07) is 15.3. The first-order valence-corrected chi connectivity index (χ1v) is 10.2. The summed E-state index contributed by atoms with van der Waals surface area (Å²) in [6.07, 6.45) is 1.95. The minimum absolute atomic E-state index is 0.0945. The fourth-order valence-electron chi connectivity index (χ4n) is 4.80. The summed E-state index contributed by atoms with van der Waals surface area (Å²) in [6.45, 7) is 4.40. The Bertz CT molecular complexity index is 1050. The van der Waals surface area contributed by atoms with Crippen molar-refractivity contribution in [2.75, 3.05) is 32.8 Å². The Morgan fingerprint density at radius 1 is 1.21 bits per heavy atom. The molecule has 6 heteroatoms. The summed E-state index contributed by atoms with van der Waals surface area (Å²) in [4.78, 5) is 17.4. The number of H-pyrrole nitrogens is 1. The normalized spacial score (nSPS) is 21.5. The zero-order valence-electron chi connectivity index (χ0n) is 16.3. The molecule has 6 nitrogen and oxygen atoms in total. The second-order valence-corrected chi connectivity index (χ2v) is 7.99. The van der Waals surface area contributed by atoms with E-state index in [1.807, 2.05) is 42.5 Å². The molecule has 1 saturated heterocycles. The predicted molar refractivity (Wildman–Crippen MR) is 112 cm³/mol. The number of hydrogen-bond donors (Lipinski definition) is 3. The first-order valence-electron chi connectivity index (χ1n) is 10.2. The lowest BCUT2D eigenvalue weighted by atomic mass is 9.86. The highest BCUT2D eigenvalue weighted by molar-refractivity contribution is 5.95. The van der Waals surface area contributed by atoms with Gasteiger partial charge in [0.2, 0.25) is 0 Å². The average molecular weight is 391 g/mol. The van der Waals surface area contributed by atoms with Crippen LogP contribution in [0.3, 0.4) is 0 Å². The van der Waals surface area contributed by atoms with Crippen molar-refractivity contribution in [3.63, 3.8) is 0 Å². The van der Waals surface area contributed by atoms with Crippen LogP contribution in [0.1, 0.15) is 28.0 Å². The van der Waals surface area contributed by atoms with E-state index < -0.39 is 5.97 Å². The number of carboxylic acids is 1. The van der Waals surface area contributed by atoms with Crippen LogP contribution in [0.2, 0.25) is 0 Å². The number of fused-ring (bicyclic) bond motifs is 4. The maximum Gasteiger partial charge on any atom is 0.335 e. The Balaban J connectivity index is 1.34. The second-order valence-electron chi connectivity index (χ2n) is 7.99. The standard InChI is InChI=1S/C23H25N3O3/c27-22(28)16-6-7-20-19(14-16)18-8-10-24-23(21(18)25-20)9-11-26(15-23)12-13-29-17-4-2-1-3-5-17/h1-7,14,24-25H,8-13,15H2,(H,27,28). The minimum Gasteiger partial charge on any atom is -0.492 e. The van der Waals surface area contributed by atoms with Gasteiger partial charge in [-0.2, -0.15) is 0 Å². The average Bonchev–Trinajstić information content (AvgIpc) is 3.31. The molecule has 29 heavy (non-hydrogen) atoms. The molecule has 2 aliphatic rings. The molecule has 0 aliphatic carbocycles. The number of rotatable bonds is 5. The van der Waals surface area contributed by atoms with Crippen LogP contribution >= 0.6 is 0 Å². The Labute approximate surface area is 169 Å². The first-order chi connectivity index (χ1) is 14.1. The summed E-state index contributed by atoms with van der Waals surface area (Å²) in [7, 11) is 0. The number of aromatic amines is 1. The van der Waals surface area contributed by atoms with Gasteiger partial charge in [0.1, 0.15) is 12.4 Å². The number of para-hydroxylation sites is 1. The fraction of sp³-hybridized carbons (Fsp3) is 0.348. The summed E-state index contributed by atoms with van der Waals surface area (Å²) in [5, 5.41) is 14.2. The van der Waals surface area contributed by atoms with Crippen LogP contribution in [0.5, 0.6) is 5.75 Å². The molecule has 0 saturated carbocycles. The molecule has 1 unspecified atom stereocenters. The predicted octanol–water partition coefficient (Wildman–Crippen LogP) is 2.99. The van der Waals surface area contributed by atoms with Gasteiger partial charge in [0.15, 0.2) is 0 Å². The molecular weight excluding hydrogens is 366 g/mol. The Hall–Kier alpha value is -2.83. The maximum absolute atomic E-state index is 11.4. The van der Waals surface area contributed by atoms with Crippen LogP contribution in [0, 0.1) is 0 Å². The molecule has 3 heterocycles. The van der Waals surface area contributed by atoms with Gasteiger partial charge >= 0.3 is 5.97 Å². The van der Waals surface area contributed by atoms with E-state index in [2.05, 4.69) is 15.2 Å². The quantitative estimate of drug-likeness (QED) is 0.623. The van der Waals surface area contributed by atoms with Crippen LogP contribution < -0.4 is 10.1 Å². The Morgan fingerprint density at radius 3 is 2.90 bits per heavy atom. The van der Waals surface area contributed by atoms with Crippen molar-refractivity contribution < 1.29 is 14.6 Å². The summed E-state index contributed by atoms with van der Waals surface area (Å²) in [5.74, 6) is 0.0281. The molecule has 1 aromatic heterocycles. The number of hydrogen-bond acceptors (Lipinski definition) is 4. The fourth-order valence-corrected chi connectivity index (χ4v) is 4.80. The SMILES string of the molecule is O=C(O)c1ccc2[nH]c3c(c2c1)CCNC31CCN(CCOc2ccccc2)C1. The van der Waals surface area contributed by atoms with E-state index >= 15 is 0 Å². The highest BCUT2D eigenvalue weighted by Gasteiger charge is 2.43. The lowest BCUT2D eigenvalue weighted by molar-refractivity contribution is 0.0697. The van der Waals surface area contributed by atoms with E-state index in [1.54, 1.807) is 6.07 Å². The van der Waals surface area contributed by atoms with E-state index in [4.69, 9.17) is 4.74 Å². The van der Waals surface area contributed by atoms with E-state index in [-0.39, 0.29) is 5.54 Å². The number of nitrogens with one attached hydrogen (secondary N) is 2. The third kappa shape index (κ3) is 3.28. The molecule has 1 spiro atoms. The highest BCUT2D eigenvalue weighted by Crippen LogP contribution is 2.39. The van der Waals surface area contributed by atoms with Crippen molar-refractivity contribution in [1.29, 1.82) is 0 Å². The van der Waals surface area contributed by atoms with Crippen LogP contribution in [-0.2, 0) is 12.0 Å². The third-order valence-corrected chi connectivity index (χ3v) is 6.24. The molecular formula is C23H25N3O3. The van der Waals surface area contributed by atoms with E-state index in [9.17, 15) is 9.90 Å².